The van der Waals surface area contributed by atoms with E-state index in [2.05, 4.69) is 43.2 Å². The first-order chi connectivity index (χ1) is 10.8. The number of ether oxygens (including phenoxy) is 1. The van der Waals surface area contributed by atoms with Crippen LogP contribution in [-0.4, -0.2) is 48.3 Å². The number of halogens is 1. The van der Waals surface area contributed by atoms with Crippen LogP contribution in [0, 0.1) is 0 Å². The maximum atomic E-state index is 12.1. The summed E-state index contributed by atoms with van der Waals surface area (Å²) in [5.74, 6) is 0. The molecule has 1 heterocycles. The van der Waals surface area contributed by atoms with Crippen molar-refractivity contribution in [3.05, 3.63) is 29.3 Å². The van der Waals surface area contributed by atoms with Crippen molar-refractivity contribution in [1.29, 1.82) is 0 Å². The summed E-state index contributed by atoms with van der Waals surface area (Å²) in [7, 11) is 0. The Kier molecular flexibility index (Phi) is 5.89. The minimum absolute atomic E-state index is 0.141. The molecule has 23 heavy (non-hydrogen) atoms. The van der Waals surface area contributed by atoms with Crippen LogP contribution in [0.2, 0.25) is 5.02 Å². The third-order valence-electron chi connectivity index (χ3n) is 4.04. The van der Waals surface area contributed by atoms with Gasteiger partial charge in [-0.25, -0.2) is 4.79 Å². The van der Waals surface area contributed by atoms with E-state index in [9.17, 15) is 4.79 Å². The summed E-state index contributed by atoms with van der Waals surface area (Å²) in [5.41, 5.74) is 0.541. The number of anilines is 1. The second-order valence-corrected chi connectivity index (χ2v) is 7.23. The molecule has 1 fully saturated rings. The molecule has 0 spiro atoms. The quantitative estimate of drug-likeness (QED) is 0.884. The van der Waals surface area contributed by atoms with Gasteiger partial charge in [-0.15, -0.1) is 0 Å². The number of nitrogens with one attached hydrogen (secondary N) is 2. The molecule has 2 unspecified atom stereocenters. The highest BCUT2D eigenvalue weighted by Crippen LogP contribution is 2.21. The van der Waals surface area contributed by atoms with Gasteiger partial charge in [0.1, 0.15) is 0 Å². The molecule has 5 nitrogen and oxygen atoms in total. The molecule has 0 saturated carbocycles. The molecule has 0 bridgehead atoms. The SMILES string of the molecule is CC1CN(C(C)(C)CNC(=O)Nc2cccc(Cl)c2)CC(C)O1. The van der Waals surface area contributed by atoms with Crippen LogP contribution in [0.5, 0.6) is 0 Å². The third kappa shape index (κ3) is 5.37. The number of rotatable bonds is 4. The summed E-state index contributed by atoms with van der Waals surface area (Å²) in [5, 5.41) is 6.34. The van der Waals surface area contributed by atoms with Gasteiger partial charge in [0, 0.05) is 35.9 Å². The summed E-state index contributed by atoms with van der Waals surface area (Å²) in [6, 6.07) is 6.88. The zero-order valence-electron chi connectivity index (χ0n) is 14.2. The van der Waals surface area contributed by atoms with Crippen molar-refractivity contribution in [2.75, 3.05) is 25.0 Å². The van der Waals surface area contributed by atoms with E-state index in [0.717, 1.165) is 13.1 Å². The molecule has 1 aliphatic rings. The molecule has 0 aromatic heterocycles. The Morgan fingerprint density at radius 3 is 2.61 bits per heavy atom. The van der Waals surface area contributed by atoms with Gasteiger partial charge in [0.15, 0.2) is 0 Å². The molecule has 1 saturated heterocycles. The predicted molar refractivity (Wildman–Crippen MR) is 94.1 cm³/mol. The van der Waals surface area contributed by atoms with E-state index in [4.69, 9.17) is 16.3 Å². The van der Waals surface area contributed by atoms with Gasteiger partial charge < -0.3 is 15.4 Å². The minimum Gasteiger partial charge on any atom is -0.373 e. The van der Waals surface area contributed by atoms with Crippen LogP contribution in [0.25, 0.3) is 0 Å². The number of nitrogens with zero attached hydrogens (tertiary/aromatic N) is 1. The van der Waals surface area contributed by atoms with Gasteiger partial charge in [-0.2, -0.15) is 0 Å². The van der Waals surface area contributed by atoms with Crippen LogP contribution in [0.15, 0.2) is 24.3 Å². The minimum atomic E-state index is -0.227. The van der Waals surface area contributed by atoms with Crippen LogP contribution in [0.4, 0.5) is 10.5 Å². The summed E-state index contributed by atoms with van der Waals surface area (Å²) in [6.07, 6.45) is 0.414. The first-order valence-corrected chi connectivity index (χ1v) is 8.35. The highest BCUT2D eigenvalue weighted by atomic mass is 35.5. The number of carbonyl (C=O) groups is 1. The zero-order valence-corrected chi connectivity index (χ0v) is 15.0. The van der Waals surface area contributed by atoms with Crippen LogP contribution >= 0.6 is 11.6 Å². The average molecular weight is 340 g/mol. The molecule has 2 rings (SSSR count). The first-order valence-electron chi connectivity index (χ1n) is 7.97. The van der Waals surface area contributed by atoms with Crippen LogP contribution in [0.1, 0.15) is 27.7 Å². The molecule has 2 atom stereocenters. The average Bonchev–Trinajstić information content (AvgIpc) is 2.44. The summed E-state index contributed by atoms with van der Waals surface area (Å²) >= 11 is 5.92. The molecule has 0 aliphatic carbocycles. The maximum absolute atomic E-state index is 12.1. The van der Waals surface area contributed by atoms with Crippen molar-refractivity contribution >= 4 is 23.3 Å². The Balaban J connectivity index is 1.87. The second kappa shape index (κ2) is 7.51. The number of amides is 2. The zero-order chi connectivity index (χ0) is 17.0. The molecule has 1 aromatic carbocycles. The van der Waals surface area contributed by atoms with Gasteiger partial charge in [-0.05, 0) is 45.9 Å². The van der Waals surface area contributed by atoms with E-state index in [0.29, 0.717) is 17.3 Å². The van der Waals surface area contributed by atoms with E-state index < -0.39 is 0 Å². The molecule has 6 heteroatoms. The lowest BCUT2D eigenvalue weighted by molar-refractivity contribution is -0.0947. The Hall–Kier alpha value is -1.30. The second-order valence-electron chi connectivity index (χ2n) is 6.79. The largest absolute Gasteiger partial charge is 0.373 e. The van der Waals surface area contributed by atoms with E-state index in [-0.39, 0.29) is 23.8 Å². The lowest BCUT2D eigenvalue weighted by Gasteiger charge is -2.45. The molecule has 2 N–H and O–H groups in total. The lowest BCUT2D eigenvalue weighted by Crippen LogP contribution is -2.58. The van der Waals surface area contributed by atoms with Gasteiger partial charge in [-0.3, -0.25) is 4.90 Å². The van der Waals surface area contributed by atoms with Crippen molar-refractivity contribution in [3.63, 3.8) is 0 Å². The smallest absolute Gasteiger partial charge is 0.319 e. The van der Waals surface area contributed by atoms with Crippen LogP contribution in [-0.2, 0) is 4.74 Å². The number of hydrogen-bond acceptors (Lipinski definition) is 3. The molecule has 1 aromatic rings. The normalized spacial score (nSPS) is 22.7. The number of hydrogen-bond donors (Lipinski definition) is 2. The Morgan fingerprint density at radius 2 is 2.00 bits per heavy atom. The van der Waals surface area contributed by atoms with E-state index in [1.54, 1.807) is 18.2 Å². The van der Waals surface area contributed by atoms with Crippen molar-refractivity contribution in [2.45, 2.75) is 45.4 Å². The van der Waals surface area contributed by atoms with Crippen molar-refractivity contribution in [1.82, 2.24) is 10.2 Å². The molecular weight excluding hydrogens is 314 g/mol. The maximum Gasteiger partial charge on any atom is 0.319 e. The Labute approximate surface area is 143 Å². The van der Waals surface area contributed by atoms with Crippen LogP contribution < -0.4 is 10.6 Å². The highest BCUT2D eigenvalue weighted by Gasteiger charge is 2.33. The molecule has 128 valence electrons. The first kappa shape index (κ1) is 18.0. The Bertz CT molecular complexity index is 540. The van der Waals surface area contributed by atoms with Gasteiger partial charge in [0.25, 0.3) is 0 Å². The summed E-state index contributed by atoms with van der Waals surface area (Å²) < 4.78 is 5.77. The van der Waals surface area contributed by atoms with E-state index in [1.807, 2.05) is 6.07 Å². The van der Waals surface area contributed by atoms with Gasteiger partial charge >= 0.3 is 6.03 Å². The third-order valence-corrected chi connectivity index (χ3v) is 4.27. The standard InChI is InChI=1S/C17H26ClN3O2/c1-12-9-21(10-13(2)23-12)17(3,4)11-19-16(22)20-15-7-5-6-14(18)8-15/h5-8,12-13H,9-11H2,1-4H3,(H2,19,20,22). The lowest BCUT2D eigenvalue weighted by atomic mass is 10.00. The predicted octanol–water partition coefficient (Wildman–Crippen LogP) is 3.35. The van der Waals surface area contributed by atoms with Crippen molar-refractivity contribution < 1.29 is 9.53 Å². The molecular formula is C17H26ClN3O2. The summed E-state index contributed by atoms with van der Waals surface area (Å²) in [4.78, 5) is 14.4. The van der Waals surface area contributed by atoms with Crippen LogP contribution in [0.3, 0.4) is 0 Å². The fraction of sp³-hybridized carbons (Fsp3) is 0.588. The molecule has 0 radical (unpaired) electrons. The molecule has 2 amide bonds. The van der Waals surface area contributed by atoms with Gasteiger partial charge in [0.05, 0.1) is 12.2 Å². The van der Waals surface area contributed by atoms with E-state index >= 15 is 0 Å². The van der Waals surface area contributed by atoms with Crippen molar-refractivity contribution in [3.8, 4) is 0 Å². The Morgan fingerprint density at radius 1 is 1.35 bits per heavy atom. The van der Waals surface area contributed by atoms with E-state index in [1.165, 1.54) is 0 Å². The monoisotopic (exact) mass is 339 g/mol. The van der Waals surface area contributed by atoms with Gasteiger partial charge in [-0.1, -0.05) is 17.7 Å². The van der Waals surface area contributed by atoms with Crippen molar-refractivity contribution in [2.24, 2.45) is 0 Å². The number of morpholine rings is 1. The topological polar surface area (TPSA) is 53.6 Å². The number of benzene rings is 1. The fourth-order valence-electron chi connectivity index (χ4n) is 2.82. The molecule has 1 aliphatic heterocycles. The summed E-state index contributed by atoms with van der Waals surface area (Å²) in [6.45, 7) is 10.7. The number of urea groups is 1. The van der Waals surface area contributed by atoms with Gasteiger partial charge in [0.2, 0.25) is 0 Å². The number of carbonyl (C=O) groups excluding carboxylic acids is 1. The fourth-order valence-corrected chi connectivity index (χ4v) is 3.01. The highest BCUT2D eigenvalue weighted by molar-refractivity contribution is 6.30.